The number of aryl methyl sites for hydroxylation is 2. The van der Waals surface area contributed by atoms with Crippen LogP contribution in [0.3, 0.4) is 0 Å². The van der Waals surface area contributed by atoms with E-state index in [-0.39, 0.29) is 6.04 Å². The maximum absolute atomic E-state index is 4.77. The van der Waals surface area contributed by atoms with Gasteiger partial charge in [-0.2, -0.15) is 0 Å². The van der Waals surface area contributed by atoms with E-state index < -0.39 is 0 Å². The first-order valence-electron chi connectivity index (χ1n) is 13.6. The van der Waals surface area contributed by atoms with Crippen LogP contribution in [0, 0.1) is 5.92 Å². The first-order chi connectivity index (χ1) is 18.1. The molecule has 5 heterocycles. The van der Waals surface area contributed by atoms with Gasteiger partial charge in [0.15, 0.2) is 0 Å². The SMILES string of the molecule is CN1C2CCC1CC(C(Nc1cc(C3=Cc4c(ccn4C)CC3)c3nccnc3c1)c1cccnc1)C2. The maximum atomic E-state index is 4.77. The Balaban J connectivity index is 1.29. The number of nitrogens with one attached hydrogen (secondary N) is 1. The Morgan fingerprint density at radius 3 is 2.62 bits per heavy atom. The molecule has 2 aliphatic heterocycles. The second-order valence-corrected chi connectivity index (χ2v) is 11.1. The van der Waals surface area contributed by atoms with E-state index in [1.165, 1.54) is 53.6 Å². The molecule has 3 unspecified atom stereocenters. The molecule has 2 saturated heterocycles. The van der Waals surface area contributed by atoms with Crippen LogP contribution in [0.2, 0.25) is 0 Å². The van der Waals surface area contributed by atoms with Crippen LogP contribution >= 0.6 is 0 Å². The summed E-state index contributed by atoms with van der Waals surface area (Å²) in [5.41, 5.74) is 9.54. The van der Waals surface area contributed by atoms with Crippen LogP contribution in [0.1, 0.15) is 60.5 Å². The smallest absolute Gasteiger partial charge is 0.0963 e. The highest BCUT2D eigenvalue weighted by Crippen LogP contribution is 2.44. The third kappa shape index (κ3) is 4.04. The van der Waals surface area contributed by atoms with Crippen molar-refractivity contribution in [2.75, 3.05) is 12.4 Å². The lowest BCUT2D eigenvalue weighted by Gasteiger charge is -2.40. The fraction of sp³-hybridized carbons (Fsp3) is 0.387. The number of piperidine rings is 1. The highest BCUT2D eigenvalue weighted by Gasteiger charge is 2.41. The topological polar surface area (TPSA) is 58.9 Å². The highest BCUT2D eigenvalue weighted by atomic mass is 15.2. The molecule has 0 radical (unpaired) electrons. The van der Waals surface area contributed by atoms with Gasteiger partial charge in [0, 0.05) is 67.1 Å². The van der Waals surface area contributed by atoms with E-state index in [9.17, 15) is 0 Å². The van der Waals surface area contributed by atoms with E-state index in [4.69, 9.17) is 9.97 Å². The van der Waals surface area contributed by atoms with Crippen molar-refractivity contribution in [3.8, 4) is 0 Å². The van der Waals surface area contributed by atoms with Crippen molar-refractivity contribution in [3.63, 3.8) is 0 Å². The van der Waals surface area contributed by atoms with E-state index in [0.29, 0.717) is 18.0 Å². The summed E-state index contributed by atoms with van der Waals surface area (Å²) < 4.78 is 2.22. The van der Waals surface area contributed by atoms with Crippen LogP contribution < -0.4 is 5.32 Å². The minimum Gasteiger partial charge on any atom is -0.378 e. The molecular formula is C31H34N6. The monoisotopic (exact) mass is 490 g/mol. The van der Waals surface area contributed by atoms with Crippen molar-refractivity contribution in [2.45, 2.75) is 56.7 Å². The molecule has 1 aliphatic carbocycles. The van der Waals surface area contributed by atoms with Crippen molar-refractivity contribution >= 4 is 28.4 Å². The summed E-state index contributed by atoms with van der Waals surface area (Å²) in [6, 6.07) is 12.6. The fourth-order valence-corrected chi connectivity index (χ4v) is 7.06. The number of pyridine rings is 1. The summed E-state index contributed by atoms with van der Waals surface area (Å²) in [5, 5.41) is 3.99. The second-order valence-electron chi connectivity index (χ2n) is 11.1. The molecule has 0 saturated carbocycles. The minimum atomic E-state index is 0.215. The molecule has 6 nitrogen and oxygen atoms in total. The van der Waals surface area contributed by atoms with Crippen molar-refractivity contribution in [1.29, 1.82) is 0 Å². The largest absolute Gasteiger partial charge is 0.378 e. The molecule has 3 aliphatic rings. The first-order valence-corrected chi connectivity index (χ1v) is 13.6. The molecule has 1 aromatic carbocycles. The van der Waals surface area contributed by atoms with Gasteiger partial charge in [-0.3, -0.25) is 15.0 Å². The standard InChI is InChI=1S/C31H34N6/c1-36-13-9-20-5-6-21(16-29(20)36)27-17-24(18-28-31(27)34-12-11-33-28)35-30(22-4-3-10-32-19-22)23-14-25-7-8-26(15-23)37(25)2/h3-4,9-13,16-19,23,25-26,30,35H,5-8,14-15H2,1-2H3. The highest BCUT2D eigenvalue weighted by molar-refractivity contribution is 5.96. The molecule has 188 valence electrons. The first kappa shape index (κ1) is 22.7. The lowest BCUT2D eigenvalue weighted by atomic mass is 9.82. The molecular weight excluding hydrogens is 456 g/mol. The van der Waals surface area contributed by atoms with Gasteiger partial charge in [-0.25, -0.2) is 0 Å². The third-order valence-electron chi connectivity index (χ3n) is 9.07. The van der Waals surface area contributed by atoms with Gasteiger partial charge in [0.05, 0.1) is 17.1 Å². The molecule has 2 bridgehead atoms. The Kier molecular flexibility index (Phi) is 5.58. The van der Waals surface area contributed by atoms with E-state index in [0.717, 1.165) is 29.6 Å². The molecule has 3 atom stereocenters. The van der Waals surface area contributed by atoms with Gasteiger partial charge in [-0.05, 0) is 98.5 Å². The number of anilines is 1. The van der Waals surface area contributed by atoms with Gasteiger partial charge in [0.25, 0.3) is 0 Å². The van der Waals surface area contributed by atoms with E-state index in [1.807, 2.05) is 18.6 Å². The Morgan fingerprint density at radius 2 is 1.81 bits per heavy atom. The van der Waals surface area contributed by atoms with Crippen LogP contribution in [0.5, 0.6) is 0 Å². The average molecular weight is 491 g/mol. The number of aromatic nitrogens is 4. The lowest BCUT2D eigenvalue weighted by molar-refractivity contribution is 0.124. The second kappa shape index (κ2) is 9.10. The van der Waals surface area contributed by atoms with Crippen LogP contribution in [0.4, 0.5) is 5.69 Å². The van der Waals surface area contributed by atoms with Crippen LogP contribution in [0.25, 0.3) is 22.7 Å². The zero-order valence-corrected chi connectivity index (χ0v) is 21.6. The third-order valence-corrected chi connectivity index (χ3v) is 9.07. The Labute approximate surface area is 218 Å². The van der Waals surface area contributed by atoms with Crippen molar-refractivity contribution < 1.29 is 0 Å². The number of rotatable bonds is 5. The number of benzene rings is 1. The quantitative estimate of drug-likeness (QED) is 0.379. The predicted molar refractivity (Wildman–Crippen MR) is 149 cm³/mol. The summed E-state index contributed by atoms with van der Waals surface area (Å²) in [6.07, 6.45) is 19.2. The Morgan fingerprint density at radius 1 is 0.973 bits per heavy atom. The van der Waals surface area contributed by atoms with E-state index >= 15 is 0 Å². The van der Waals surface area contributed by atoms with Gasteiger partial charge >= 0.3 is 0 Å². The van der Waals surface area contributed by atoms with Crippen molar-refractivity contribution in [2.24, 2.45) is 13.0 Å². The van der Waals surface area contributed by atoms with Crippen LogP contribution in [-0.4, -0.2) is 43.6 Å². The van der Waals surface area contributed by atoms with Gasteiger partial charge in [0.1, 0.15) is 0 Å². The molecule has 3 aromatic heterocycles. The zero-order valence-electron chi connectivity index (χ0n) is 21.6. The van der Waals surface area contributed by atoms with Crippen molar-refractivity contribution in [1.82, 2.24) is 24.4 Å². The summed E-state index contributed by atoms with van der Waals surface area (Å²) >= 11 is 0. The predicted octanol–water partition coefficient (Wildman–Crippen LogP) is 5.88. The Hall–Kier alpha value is -3.51. The maximum Gasteiger partial charge on any atom is 0.0963 e. The van der Waals surface area contributed by atoms with Gasteiger partial charge in [-0.1, -0.05) is 6.07 Å². The van der Waals surface area contributed by atoms with Gasteiger partial charge in [0.2, 0.25) is 0 Å². The lowest BCUT2D eigenvalue weighted by Crippen LogP contribution is -2.42. The van der Waals surface area contributed by atoms with Gasteiger partial charge < -0.3 is 14.8 Å². The molecule has 6 heteroatoms. The molecule has 2 fully saturated rings. The summed E-state index contributed by atoms with van der Waals surface area (Å²) in [5.74, 6) is 0.568. The number of hydrogen-bond acceptors (Lipinski definition) is 5. The summed E-state index contributed by atoms with van der Waals surface area (Å²) in [4.78, 5) is 16.6. The fourth-order valence-electron chi connectivity index (χ4n) is 7.06. The number of fused-ring (bicyclic) bond motifs is 4. The van der Waals surface area contributed by atoms with E-state index in [1.54, 1.807) is 6.20 Å². The average Bonchev–Trinajstić information content (AvgIpc) is 3.38. The van der Waals surface area contributed by atoms with Crippen LogP contribution in [-0.2, 0) is 13.5 Å². The molecule has 7 rings (SSSR count). The van der Waals surface area contributed by atoms with Gasteiger partial charge in [-0.15, -0.1) is 0 Å². The molecule has 0 spiro atoms. The van der Waals surface area contributed by atoms with E-state index in [2.05, 4.69) is 76.5 Å². The summed E-state index contributed by atoms with van der Waals surface area (Å²) in [7, 11) is 4.44. The zero-order chi connectivity index (χ0) is 24.9. The Bertz CT molecular complexity index is 1460. The minimum absolute atomic E-state index is 0.215. The molecule has 1 N–H and O–H groups in total. The number of nitrogens with zero attached hydrogens (tertiary/aromatic N) is 5. The number of allylic oxidation sites excluding steroid dienone is 1. The molecule has 0 amide bonds. The summed E-state index contributed by atoms with van der Waals surface area (Å²) in [6.45, 7) is 0. The molecule has 4 aromatic rings. The van der Waals surface area contributed by atoms with Crippen molar-refractivity contribution in [3.05, 3.63) is 83.7 Å². The molecule has 37 heavy (non-hydrogen) atoms. The normalized spacial score (nSPS) is 24.1. The number of hydrogen-bond donors (Lipinski definition) is 1. The van der Waals surface area contributed by atoms with Crippen LogP contribution in [0.15, 0.2) is 61.3 Å².